The zero-order valence-electron chi connectivity index (χ0n) is 13.4. The van der Waals surface area contributed by atoms with Crippen LogP contribution in [0.3, 0.4) is 0 Å². The van der Waals surface area contributed by atoms with E-state index in [-0.39, 0.29) is 11.2 Å². The van der Waals surface area contributed by atoms with Crippen molar-refractivity contribution in [1.82, 2.24) is 4.90 Å². The molecule has 3 rings (SSSR count). The Bertz CT molecular complexity index is 934. The molecule has 2 aromatic carbocycles. The minimum absolute atomic E-state index is 0.0742. The number of nitrogens with zero attached hydrogens (tertiary/aromatic N) is 1. The highest BCUT2D eigenvalue weighted by Gasteiger charge is 2.12. The van der Waals surface area contributed by atoms with E-state index >= 15 is 0 Å². The lowest BCUT2D eigenvalue weighted by Crippen LogP contribution is -2.19. The Hall–Kier alpha value is -1.98. The molecule has 0 radical (unpaired) electrons. The van der Waals surface area contributed by atoms with E-state index in [4.69, 9.17) is 4.74 Å². The monoisotopic (exact) mass is 331 g/mol. The second kappa shape index (κ2) is 6.26. The number of hydrogen-bond donors (Lipinski definition) is 0. The Labute approximate surface area is 137 Å². The first-order valence-corrected chi connectivity index (χ1v) is 8.21. The molecule has 0 N–H and O–H groups in total. The SMILES string of the molecule is Cc1cc(OCCN(C)C)c2sc3cc(F)ccc3c(=O)c2c1. The molecule has 0 bridgehead atoms. The minimum Gasteiger partial charge on any atom is -0.491 e. The van der Waals surface area contributed by atoms with Gasteiger partial charge in [0.1, 0.15) is 18.2 Å². The van der Waals surface area contributed by atoms with E-state index in [2.05, 4.69) is 0 Å². The van der Waals surface area contributed by atoms with Gasteiger partial charge in [-0.15, -0.1) is 11.3 Å². The van der Waals surface area contributed by atoms with Gasteiger partial charge in [0, 0.05) is 22.0 Å². The van der Waals surface area contributed by atoms with E-state index in [9.17, 15) is 9.18 Å². The van der Waals surface area contributed by atoms with E-state index < -0.39 is 0 Å². The smallest absolute Gasteiger partial charge is 0.196 e. The molecule has 120 valence electrons. The number of rotatable bonds is 4. The molecule has 0 aliphatic heterocycles. The van der Waals surface area contributed by atoms with Gasteiger partial charge in [0.15, 0.2) is 5.43 Å². The van der Waals surface area contributed by atoms with Gasteiger partial charge in [-0.25, -0.2) is 4.39 Å². The van der Waals surface area contributed by atoms with Crippen LogP contribution >= 0.6 is 11.3 Å². The average molecular weight is 331 g/mol. The zero-order valence-corrected chi connectivity index (χ0v) is 14.2. The highest BCUT2D eigenvalue weighted by molar-refractivity contribution is 7.24. The Morgan fingerprint density at radius 3 is 2.70 bits per heavy atom. The van der Waals surface area contributed by atoms with E-state index in [1.807, 2.05) is 38.1 Å². The molecule has 0 amide bonds. The summed E-state index contributed by atoms with van der Waals surface area (Å²) in [6.07, 6.45) is 0. The van der Waals surface area contributed by atoms with Crippen LogP contribution in [-0.2, 0) is 0 Å². The van der Waals surface area contributed by atoms with Crippen molar-refractivity contribution in [2.24, 2.45) is 0 Å². The van der Waals surface area contributed by atoms with Crippen LogP contribution in [0.25, 0.3) is 20.2 Å². The summed E-state index contributed by atoms with van der Waals surface area (Å²) in [6.45, 7) is 3.26. The predicted molar refractivity (Wildman–Crippen MR) is 94.3 cm³/mol. The molecule has 0 spiro atoms. The molecule has 0 atom stereocenters. The molecular weight excluding hydrogens is 313 g/mol. The number of halogens is 1. The van der Waals surface area contributed by atoms with Gasteiger partial charge in [0.2, 0.25) is 0 Å². The van der Waals surface area contributed by atoms with Crippen molar-refractivity contribution in [2.45, 2.75) is 6.92 Å². The van der Waals surface area contributed by atoms with Crippen LogP contribution in [0.4, 0.5) is 4.39 Å². The summed E-state index contributed by atoms with van der Waals surface area (Å²) in [4.78, 5) is 14.7. The van der Waals surface area contributed by atoms with Gasteiger partial charge < -0.3 is 9.64 Å². The van der Waals surface area contributed by atoms with Crippen LogP contribution in [0.15, 0.2) is 35.1 Å². The summed E-state index contributed by atoms with van der Waals surface area (Å²) in [6, 6.07) is 8.09. The fraction of sp³-hybridized carbons (Fsp3) is 0.278. The van der Waals surface area contributed by atoms with Crippen molar-refractivity contribution in [3.63, 3.8) is 0 Å². The van der Waals surface area contributed by atoms with E-state index in [1.54, 1.807) is 6.07 Å². The molecule has 3 aromatic rings. The van der Waals surface area contributed by atoms with Crippen molar-refractivity contribution >= 4 is 31.5 Å². The van der Waals surface area contributed by atoms with Crippen LogP contribution in [0.5, 0.6) is 5.75 Å². The van der Waals surface area contributed by atoms with Crippen LogP contribution in [0, 0.1) is 12.7 Å². The largest absolute Gasteiger partial charge is 0.491 e. The quantitative estimate of drug-likeness (QED) is 0.681. The number of aryl methyl sites for hydroxylation is 1. The van der Waals surface area contributed by atoms with Crippen molar-refractivity contribution in [3.8, 4) is 5.75 Å². The Balaban J connectivity index is 2.20. The normalized spacial score (nSPS) is 11.5. The molecule has 0 saturated heterocycles. The molecule has 0 fully saturated rings. The lowest BCUT2D eigenvalue weighted by atomic mass is 10.1. The Morgan fingerprint density at radius 2 is 1.96 bits per heavy atom. The first kappa shape index (κ1) is 15.9. The first-order valence-electron chi connectivity index (χ1n) is 7.40. The highest BCUT2D eigenvalue weighted by Crippen LogP contribution is 2.33. The molecule has 3 nitrogen and oxygen atoms in total. The summed E-state index contributed by atoms with van der Waals surface area (Å²) in [5, 5.41) is 1.18. The fourth-order valence-electron chi connectivity index (χ4n) is 2.48. The van der Waals surface area contributed by atoms with Crippen molar-refractivity contribution in [3.05, 3.63) is 51.9 Å². The third kappa shape index (κ3) is 3.21. The summed E-state index contributed by atoms with van der Waals surface area (Å²) in [7, 11) is 3.96. The van der Waals surface area contributed by atoms with E-state index in [0.717, 1.165) is 16.8 Å². The molecule has 5 heteroatoms. The molecule has 0 saturated carbocycles. The third-order valence-corrected chi connectivity index (χ3v) is 4.82. The third-order valence-electron chi connectivity index (χ3n) is 3.64. The topological polar surface area (TPSA) is 29.5 Å². The van der Waals surface area contributed by atoms with Crippen LogP contribution in [0.1, 0.15) is 5.56 Å². The number of ether oxygens (including phenoxy) is 1. The second-order valence-electron chi connectivity index (χ2n) is 5.86. The molecular formula is C18H18FNO2S. The summed E-state index contributed by atoms with van der Waals surface area (Å²) in [5.74, 6) is 0.352. The Kier molecular flexibility index (Phi) is 4.33. The highest BCUT2D eigenvalue weighted by atomic mass is 32.1. The zero-order chi connectivity index (χ0) is 16.6. The number of hydrogen-bond acceptors (Lipinski definition) is 4. The van der Waals surface area contributed by atoms with Crippen LogP contribution < -0.4 is 10.2 Å². The maximum Gasteiger partial charge on any atom is 0.196 e. The Morgan fingerprint density at radius 1 is 1.17 bits per heavy atom. The van der Waals surface area contributed by atoms with Gasteiger partial charge in [-0.1, -0.05) is 0 Å². The van der Waals surface area contributed by atoms with E-state index in [0.29, 0.717) is 27.8 Å². The van der Waals surface area contributed by atoms with Gasteiger partial charge in [-0.2, -0.15) is 0 Å². The van der Waals surface area contributed by atoms with Gasteiger partial charge >= 0.3 is 0 Å². The van der Waals surface area contributed by atoms with Gasteiger partial charge in [-0.3, -0.25) is 4.79 Å². The van der Waals surface area contributed by atoms with Gasteiger partial charge in [-0.05, 0) is 56.9 Å². The summed E-state index contributed by atoms with van der Waals surface area (Å²) < 4.78 is 20.8. The maximum absolute atomic E-state index is 13.5. The maximum atomic E-state index is 13.5. The number of benzene rings is 2. The standard InChI is InChI=1S/C18H18FNO2S/c1-11-8-14-17(21)13-5-4-12(19)10-16(13)23-18(14)15(9-11)22-7-6-20(2)3/h4-5,8-10H,6-7H2,1-3H3. The van der Waals surface area contributed by atoms with Crippen LogP contribution in [-0.4, -0.2) is 32.1 Å². The number of fused-ring (bicyclic) bond motifs is 2. The van der Waals surface area contributed by atoms with Crippen LogP contribution in [0.2, 0.25) is 0 Å². The first-order chi connectivity index (χ1) is 11.0. The second-order valence-corrected chi connectivity index (χ2v) is 6.92. The molecule has 0 aliphatic carbocycles. The van der Waals surface area contributed by atoms with Crippen molar-refractivity contribution in [2.75, 3.05) is 27.2 Å². The van der Waals surface area contributed by atoms with Crippen molar-refractivity contribution in [1.29, 1.82) is 0 Å². The van der Waals surface area contributed by atoms with Crippen molar-refractivity contribution < 1.29 is 9.13 Å². The summed E-state index contributed by atoms with van der Waals surface area (Å²) in [5.41, 5.74) is 0.901. The van der Waals surface area contributed by atoms with Gasteiger partial charge in [0.25, 0.3) is 0 Å². The molecule has 1 heterocycles. The average Bonchev–Trinajstić information content (AvgIpc) is 2.48. The molecule has 0 unspecified atom stereocenters. The summed E-state index contributed by atoms with van der Waals surface area (Å²) >= 11 is 1.40. The lowest BCUT2D eigenvalue weighted by Gasteiger charge is -2.13. The fourth-order valence-corrected chi connectivity index (χ4v) is 3.62. The minimum atomic E-state index is -0.338. The molecule has 23 heavy (non-hydrogen) atoms. The predicted octanol–water partition coefficient (Wildman–Crippen LogP) is 3.80. The van der Waals surface area contributed by atoms with Gasteiger partial charge in [0.05, 0.1) is 4.70 Å². The molecule has 1 aromatic heterocycles. The lowest BCUT2D eigenvalue weighted by molar-refractivity contribution is 0.264. The number of likely N-dealkylation sites (N-methyl/N-ethyl adjacent to an activating group) is 1. The molecule has 0 aliphatic rings. The van der Waals surface area contributed by atoms with E-state index in [1.165, 1.54) is 23.5 Å².